The molecule has 0 aliphatic heterocycles. The molecule has 1 aromatic heterocycles. The second kappa shape index (κ2) is 6.98. The fraction of sp³-hybridized carbons (Fsp3) is 0.429. The lowest BCUT2D eigenvalue weighted by Gasteiger charge is -2.17. The van der Waals surface area contributed by atoms with Crippen LogP contribution in [0, 0.1) is 0 Å². The van der Waals surface area contributed by atoms with Crippen LogP contribution in [0.15, 0.2) is 22.7 Å². The van der Waals surface area contributed by atoms with Crippen molar-refractivity contribution in [2.24, 2.45) is 0 Å². The molecule has 20 heavy (non-hydrogen) atoms. The number of halogens is 2. The third-order valence-electron chi connectivity index (χ3n) is 3.19. The van der Waals surface area contributed by atoms with Crippen molar-refractivity contribution in [1.82, 2.24) is 14.9 Å². The van der Waals surface area contributed by atoms with Crippen LogP contribution >= 0.6 is 39.1 Å². The average molecular weight is 375 g/mol. The van der Waals surface area contributed by atoms with Crippen LogP contribution in [0.4, 0.5) is 0 Å². The molecular weight excluding hydrogens is 358 g/mol. The Kier molecular flexibility index (Phi) is 5.55. The van der Waals surface area contributed by atoms with Gasteiger partial charge in [0.1, 0.15) is 0 Å². The maximum Gasteiger partial charge on any atom is 0.0829 e. The summed E-state index contributed by atoms with van der Waals surface area (Å²) in [6.07, 6.45) is 0.826. The van der Waals surface area contributed by atoms with Gasteiger partial charge in [-0.15, -0.1) is 5.10 Å². The van der Waals surface area contributed by atoms with E-state index in [1.54, 1.807) is 0 Å². The molecular formula is C14H17BrClN3S. The highest BCUT2D eigenvalue weighted by Gasteiger charge is 2.21. The van der Waals surface area contributed by atoms with Crippen molar-refractivity contribution in [3.05, 3.63) is 43.8 Å². The molecule has 6 heteroatoms. The van der Waals surface area contributed by atoms with E-state index in [-0.39, 0.29) is 6.04 Å². The molecule has 1 unspecified atom stereocenters. The van der Waals surface area contributed by atoms with Crippen LogP contribution in [0.25, 0.3) is 0 Å². The average Bonchev–Trinajstić information content (AvgIpc) is 2.87. The molecule has 0 aliphatic carbocycles. The Morgan fingerprint density at radius 1 is 1.40 bits per heavy atom. The van der Waals surface area contributed by atoms with Crippen LogP contribution in [-0.4, -0.2) is 16.6 Å². The van der Waals surface area contributed by atoms with Gasteiger partial charge in [-0.05, 0) is 48.6 Å². The predicted octanol–water partition coefficient (Wildman–Crippen LogP) is 4.58. The third-order valence-corrected chi connectivity index (χ3v) is 4.89. The second-order valence-electron chi connectivity index (χ2n) is 4.96. The van der Waals surface area contributed by atoms with Gasteiger partial charge in [0.15, 0.2) is 0 Å². The van der Waals surface area contributed by atoms with Crippen molar-refractivity contribution >= 4 is 39.1 Å². The van der Waals surface area contributed by atoms with E-state index in [4.69, 9.17) is 11.6 Å². The van der Waals surface area contributed by atoms with Crippen LogP contribution in [0.1, 0.15) is 41.9 Å². The zero-order valence-corrected chi connectivity index (χ0v) is 14.8. The lowest BCUT2D eigenvalue weighted by atomic mass is 10.0. The SMILES string of the molecule is CNC(Cc1ccc(Br)cc1Cl)c1snnc1C(C)C. The number of likely N-dealkylation sites (N-methyl/N-ethyl adjacent to an activating group) is 1. The Balaban J connectivity index is 2.26. The molecule has 0 bridgehead atoms. The van der Waals surface area contributed by atoms with Gasteiger partial charge < -0.3 is 5.32 Å². The van der Waals surface area contributed by atoms with Crippen molar-refractivity contribution in [2.75, 3.05) is 7.05 Å². The Morgan fingerprint density at radius 2 is 2.15 bits per heavy atom. The van der Waals surface area contributed by atoms with E-state index in [1.165, 1.54) is 16.4 Å². The molecule has 0 aliphatic rings. The van der Waals surface area contributed by atoms with E-state index in [0.29, 0.717) is 5.92 Å². The number of nitrogens with one attached hydrogen (secondary N) is 1. The molecule has 2 aromatic rings. The van der Waals surface area contributed by atoms with E-state index < -0.39 is 0 Å². The molecule has 0 saturated carbocycles. The number of rotatable bonds is 5. The number of benzene rings is 1. The summed E-state index contributed by atoms with van der Waals surface area (Å²) >= 11 is 11.2. The van der Waals surface area contributed by atoms with Crippen molar-refractivity contribution in [3.8, 4) is 0 Å². The van der Waals surface area contributed by atoms with Crippen LogP contribution in [0.5, 0.6) is 0 Å². The molecule has 0 spiro atoms. The first-order valence-electron chi connectivity index (χ1n) is 6.46. The molecule has 0 radical (unpaired) electrons. The monoisotopic (exact) mass is 373 g/mol. The first-order chi connectivity index (χ1) is 9.52. The summed E-state index contributed by atoms with van der Waals surface area (Å²) in [5.41, 5.74) is 2.19. The topological polar surface area (TPSA) is 37.8 Å². The summed E-state index contributed by atoms with van der Waals surface area (Å²) < 4.78 is 5.10. The van der Waals surface area contributed by atoms with E-state index in [9.17, 15) is 0 Å². The minimum Gasteiger partial charge on any atom is -0.312 e. The molecule has 1 heterocycles. The van der Waals surface area contributed by atoms with Gasteiger partial charge in [0.2, 0.25) is 0 Å². The summed E-state index contributed by atoms with van der Waals surface area (Å²) in [5, 5.41) is 8.38. The summed E-state index contributed by atoms with van der Waals surface area (Å²) in [5.74, 6) is 0.375. The van der Waals surface area contributed by atoms with E-state index in [0.717, 1.165) is 27.2 Å². The normalized spacial score (nSPS) is 12.9. The quantitative estimate of drug-likeness (QED) is 0.832. The van der Waals surface area contributed by atoms with Crippen molar-refractivity contribution in [3.63, 3.8) is 0 Å². The smallest absolute Gasteiger partial charge is 0.0829 e. The van der Waals surface area contributed by atoms with Crippen molar-refractivity contribution in [1.29, 1.82) is 0 Å². The maximum atomic E-state index is 6.31. The molecule has 108 valence electrons. The largest absolute Gasteiger partial charge is 0.312 e. The van der Waals surface area contributed by atoms with Gasteiger partial charge in [-0.2, -0.15) is 0 Å². The third kappa shape index (κ3) is 3.58. The van der Waals surface area contributed by atoms with Crippen LogP contribution in [0.3, 0.4) is 0 Å². The fourth-order valence-corrected chi connectivity index (χ4v) is 3.75. The summed E-state index contributed by atoms with van der Waals surface area (Å²) in [6.45, 7) is 4.28. The van der Waals surface area contributed by atoms with Gasteiger partial charge in [0.25, 0.3) is 0 Å². The number of aromatic nitrogens is 2. The lowest BCUT2D eigenvalue weighted by Crippen LogP contribution is -2.19. The summed E-state index contributed by atoms with van der Waals surface area (Å²) in [7, 11) is 1.96. The van der Waals surface area contributed by atoms with Crippen molar-refractivity contribution in [2.45, 2.75) is 32.2 Å². The fourth-order valence-electron chi connectivity index (χ4n) is 2.08. The summed E-state index contributed by atoms with van der Waals surface area (Å²) in [6, 6.07) is 6.19. The van der Waals surface area contributed by atoms with Gasteiger partial charge >= 0.3 is 0 Å². The standard InChI is InChI=1S/C14H17BrClN3S/c1-8(2)13-14(20-19-18-13)12(17-3)6-9-4-5-10(15)7-11(9)16/h4-5,7-8,12,17H,6H2,1-3H3. The van der Waals surface area contributed by atoms with E-state index in [2.05, 4.69) is 50.7 Å². The van der Waals surface area contributed by atoms with Crippen molar-refractivity contribution < 1.29 is 0 Å². The predicted molar refractivity (Wildman–Crippen MR) is 88.7 cm³/mol. The molecule has 1 atom stereocenters. The number of hydrogen-bond acceptors (Lipinski definition) is 4. The molecule has 0 amide bonds. The lowest BCUT2D eigenvalue weighted by molar-refractivity contribution is 0.589. The van der Waals surface area contributed by atoms with E-state index in [1.807, 2.05) is 19.2 Å². The first kappa shape index (κ1) is 15.9. The van der Waals surface area contributed by atoms with Gasteiger partial charge in [0, 0.05) is 15.5 Å². The van der Waals surface area contributed by atoms with Crippen LogP contribution in [0.2, 0.25) is 5.02 Å². The summed E-state index contributed by atoms with van der Waals surface area (Å²) in [4.78, 5) is 1.20. The molecule has 2 rings (SSSR count). The first-order valence-corrected chi connectivity index (χ1v) is 8.40. The Hall–Kier alpha value is -0.490. The molecule has 3 nitrogen and oxygen atoms in total. The zero-order chi connectivity index (χ0) is 14.7. The van der Waals surface area contributed by atoms with Gasteiger partial charge in [0.05, 0.1) is 10.6 Å². The molecule has 1 N–H and O–H groups in total. The Bertz CT molecular complexity index is 586. The minimum atomic E-state index is 0.186. The second-order valence-corrected chi connectivity index (χ2v) is 7.07. The number of hydrogen-bond donors (Lipinski definition) is 1. The molecule has 0 saturated heterocycles. The highest BCUT2D eigenvalue weighted by atomic mass is 79.9. The van der Waals surface area contributed by atoms with Gasteiger partial charge in [-0.3, -0.25) is 0 Å². The highest BCUT2D eigenvalue weighted by Crippen LogP contribution is 2.31. The maximum absolute atomic E-state index is 6.31. The Morgan fingerprint density at radius 3 is 2.75 bits per heavy atom. The van der Waals surface area contributed by atoms with Crippen LogP contribution < -0.4 is 5.32 Å². The van der Waals surface area contributed by atoms with Gasteiger partial charge in [-0.1, -0.05) is 51.9 Å². The minimum absolute atomic E-state index is 0.186. The highest BCUT2D eigenvalue weighted by molar-refractivity contribution is 9.10. The zero-order valence-electron chi connectivity index (χ0n) is 11.7. The number of nitrogens with zero attached hydrogens (tertiary/aromatic N) is 2. The van der Waals surface area contributed by atoms with Crippen LogP contribution in [-0.2, 0) is 6.42 Å². The Labute approximate surface area is 137 Å². The molecule has 0 fully saturated rings. The molecule has 1 aromatic carbocycles. The van der Waals surface area contributed by atoms with Gasteiger partial charge in [-0.25, -0.2) is 0 Å². The van der Waals surface area contributed by atoms with E-state index >= 15 is 0 Å².